The molecule has 8 heteroatoms. The first-order valence-electron chi connectivity index (χ1n) is 8.51. The minimum atomic E-state index is -0.0371. The number of likely N-dealkylation sites (tertiary alicyclic amines) is 1. The van der Waals surface area contributed by atoms with Crippen molar-refractivity contribution < 1.29 is 4.79 Å². The van der Waals surface area contributed by atoms with E-state index in [0.29, 0.717) is 18.9 Å². The van der Waals surface area contributed by atoms with Crippen molar-refractivity contribution in [1.82, 2.24) is 34.4 Å². The van der Waals surface area contributed by atoms with Crippen molar-refractivity contribution in [3.8, 4) is 11.6 Å². The van der Waals surface area contributed by atoms with E-state index >= 15 is 0 Å². The predicted octanol–water partition coefficient (Wildman–Crippen LogP) is 2.26. The average Bonchev–Trinajstić information content (AvgIpc) is 3.44. The van der Waals surface area contributed by atoms with Crippen LogP contribution in [0.1, 0.15) is 12.5 Å². The molecule has 4 aromatic rings. The van der Waals surface area contributed by atoms with Crippen molar-refractivity contribution in [1.29, 1.82) is 0 Å². The van der Waals surface area contributed by atoms with E-state index in [4.69, 9.17) is 4.98 Å². The second-order valence-corrected chi connectivity index (χ2v) is 6.41. The van der Waals surface area contributed by atoms with Gasteiger partial charge in [-0.25, -0.2) is 15.0 Å². The van der Waals surface area contributed by atoms with Gasteiger partial charge in [-0.1, -0.05) is 6.58 Å². The number of carbonyl (C=O) groups excluding carboxylic acids is 1. The maximum atomic E-state index is 12.0. The Hall–Kier alpha value is -3.42. The number of nitrogens with zero attached hydrogens (tertiary/aromatic N) is 5. The second-order valence-electron chi connectivity index (χ2n) is 6.41. The van der Waals surface area contributed by atoms with Crippen LogP contribution < -0.4 is 0 Å². The standard InChI is InChI=1S/C18H17N7O/c1-2-14(26)24-8-4-11(10-24)25-15-12-3-5-19-16(12)22-9-13(15)23-18(25)17-20-6-7-21-17/h2-3,5-7,9,11H,1,4,8,10H2,(H,19,22)(H,20,21)/t11-/m0/s1. The van der Waals surface area contributed by atoms with Crippen molar-refractivity contribution in [2.75, 3.05) is 13.1 Å². The first-order chi connectivity index (χ1) is 12.8. The monoisotopic (exact) mass is 347 g/mol. The van der Waals surface area contributed by atoms with E-state index in [-0.39, 0.29) is 11.9 Å². The molecule has 0 unspecified atom stereocenters. The van der Waals surface area contributed by atoms with Crippen molar-refractivity contribution >= 4 is 28.0 Å². The Morgan fingerprint density at radius 2 is 2.23 bits per heavy atom. The Labute approximate surface area is 148 Å². The van der Waals surface area contributed by atoms with Crippen molar-refractivity contribution in [2.24, 2.45) is 0 Å². The molecule has 26 heavy (non-hydrogen) atoms. The van der Waals surface area contributed by atoms with E-state index in [9.17, 15) is 4.79 Å². The third-order valence-electron chi connectivity index (χ3n) is 4.96. The molecule has 4 aromatic heterocycles. The van der Waals surface area contributed by atoms with Crippen LogP contribution in [-0.2, 0) is 4.79 Å². The normalized spacial score (nSPS) is 17.4. The molecule has 1 atom stereocenters. The fourth-order valence-electron chi connectivity index (χ4n) is 3.78. The van der Waals surface area contributed by atoms with Gasteiger partial charge in [-0.15, -0.1) is 0 Å². The summed E-state index contributed by atoms with van der Waals surface area (Å²) in [6.07, 6.45) is 9.38. The van der Waals surface area contributed by atoms with E-state index < -0.39 is 0 Å². The predicted molar refractivity (Wildman–Crippen MR) is 97.4 cm³/mol. The van der Waals surface area contributed by atoms with Gasteiger partial charge in [0, 0.05) is 37.1 Å². The van der Waals surface area contributed by atoms with E-state index in [1.807, 2.05) is 17.2 Å². The third kappa shape index (κ3) is 2.08. The largest absolute Gasteiger partial charge is 0.346 e. The molecule has 2 N–H and O–H groups in total. The van der Waals surface area contributed by atoms with Gasteiger partial charge in [0.1, 0.15) is 11.2 Å². The van der Waals surface area contributed by atoms with Crippen molar-refractivity contribution in [3.05, 3.63) is 43.5 Å². The number of imidazole rings is 2. The molecule has 0 aromatic carbocycles. The van der Waals surface area contributed by atoms with Crippen LogP contribution in [0.3, 0.4) is 0 Å². The topological polar surface area (TPSA) is 95.5 Å². The lowest BCUT2D eigenvalue weighted by molar-refractivity contribution is -0.125. The van der Waals surface area contributed by atoms with Gasteiger partial charge < -0.3 is 19.4 Å². The smallest absolute Gasteiger partial charge is 0.246 e. The number of rotatable bonds is 3. The third-order valence-corrected chi connectivity index (χ3v) is 4.96. The van der Waals surface area contributed by atoms with Gasteiger partial charge in [0.15, 0.2) is 11.6 Å². The van der Waals surface area contributed by atoms with Crippen molar-refractivity contribution in [2.45, 2.75) is 12.5 Å². The van der Waals surface area contributed by atoms with E-state index in [2.05, 4.69) is 31.1 Å². The maximum Gasteiger partial charge on any atom is 0.246 e. The molecule has 5 heterocycles. The van der Waals surface area contributed by atoms with Crippen LogP contribution in [0, 0.1) is 0 Å². The van der Waals surface area contributed by atoms with Gasteiger partial charge >= 0.3 is 0 Å². The zero-order chi connectivity index (χ0) is 17.7. The Morgan fingerprint density at radius 3 is 3.04 bits per heavy atom. The highest BCUT2D eigenvalue weighted by molar-refractivity contribution is 6.02. The molecule has 1 fully saturated rings. The molecule has 8 nitrogen and oxygen atoms in total. The average molecular weight is 347 g/mol. The highest BCUT2D eigenvalue weighted by atomic mass is 16.2. The summed E-state index contributed by atoms with van der Waals surface area (Å²) in [7, 11) is 0. The Balaban J connectivity index is 1.73. The summed E-state index contributed by atoms with van der Waals surface area (Å²) >= 11 is 0. The van der Waals surface area contributed by atoms with Crippen LogP contribution in [0.5, 0.6) is 0 Å². The minimum Gasteiger partial charge on any atom is -0.346 e. The molecule has 0 aliphatic carbocycles. The Morgan fingerprint density at radius 1 is 1.31 bits per heavy atom. The molecule has 0 saturated carbocycles. The number of aromatic amines is 2. The SMILES string of the molecule is C=CC(=O)N1CC[C@H](n2c(-c3ncc[nH]3)nc3cnc4[nH]ccc4c32)C1. The van der Waals surface area contributed by atoms with Crippen LogP contribution in [0.2, 0.25) is 0 Å². The van der Waals surface area contributed by atoms with Crippen LogP contribution >= 0.6 is 0 Å². The zero-order valence-corrected chi connectivity index (χ0v) is 14.0. The van der Waals surface area contributed by atoms with Gasteiger partial charge in [0.05, 0.1) is 17.8 Å². The summed E-state index contributed by atoms with van der Waals surface area (Å²) in [6, 6.07) is 2.13. The summed E-state index contributed by atoms with van der Waals surface area (Å²) in [6.45, 7) is 4.92. The molecular formula is C18H17N7O. The molecule has 5 rings (SSSR count). The van der Waals surface area contributed by atoms with Crippen LogP contribution in [0.15, 0.2) is 43.5 Å². The number of carbonyl (C=O) groups is 1. The number of amides is 1. The molecule has 0 radical (unpaired) electrons. The maximum absolute atomic E-state index is 12.0. The quantitative estimate of drug-likeness (QED) is 0.556. The van der Waals surface area contributed by atoms with Gasteiger partial charge in [-0.05, 0) is 18.6 Å². The Bertz CT molecular complexity index is 1120. The van der Waals surface area contributed by atoms with Gasteiger partial charge in [0.25, 0.3) is 0 Å². The lowest BCUT2D eigenvalue weighted by Gasteiger charge is -2.18. The van der Waals surface area contributed by atoms with Gasteiger partial charge in [-0.3, -0.25) is 4.79 Å². The fraction of sp³-hybridized carbons (Fsp3) is 0.222. The highest BCUT2D eigenvalue weighted by Gasteiger charge is 2.30. The summed E-state index contributed by atoms with van der Waals surface area (Å²) in [5, 5.41) is 1.02. The molecule has 0 spiro atoms. The zero-order valence-electron chi connectivity index (χ0n) is 14.0. The summed E-state index contributed by atoms with van der Waals surface area (Å²) in [5.74, 6) is 1.43. The number of hydrogen-bond donors (Lipinski definition) is 2. The number of H-pyrrole nitrogens is 2. The van der Waals surface area contributed by atoms with Crippen LogP contribution in [-0.4, -0.2) is 53.4 Å². The van der Waals surface area contributed by atoms with Gasteiger partial charge in [-0.2, -0.15) is 0 Å². The minimum absolute atomic E-state index is 0.0371. The molecular weight excluding hydrogens is 330 g/mol. The first kappa shape index (κ1) is 14.9. The summed E-state index contributed by atoms with van der Waals surface area (Å²) in [4.78, 5) is 33.8. The second kappa shape index (κ2) is 5.55. The highest BCUT2D eigenvalue weighted by Crippen LogP contribution is 2.34. The molecule has 1 aliphatic rings. The first-order valence-corrected chi connectivity index (χ1v) is 8.51. The fourth-order valence-corrected chi connectivity index (χ4v) is 3.78. The number of aromatic nitrogens is 6. The summed E-state index contributed by atoms with van der Waals surface area (Å²) in [5.41, 5.74) is 2.65. The van der Waals surface area contributed by atoms with Gasteiger partial charge in [0.2, 0.25) is 5.91 Å². The van der Waals surface area contributed by atoms with E-state index in [1.54, 1.807) is 18.6 Å². The molecule has 130 valence electrons. The summed E-state index contributed by atoms with van der Waals surface area (Å²) < 4.78 is 2.20. The molecule has 0 bridgehead atoms. The molecule has 1 amide bonds. The Kier molecular flexibility index (Phi) is 3.18. The lowest BCUT2D eigenvalue weighted by Crippen LogP contribution is -2.27. The molecule has 1 saturated heterocycles. The van der Waals surface area contributed by atoms with E-state index in [1.165, 1.54) is 6.08 Å². The number of pyridine rings is 1. The van der Waals surface area contributed by atoms with Crippen molar-refractivity contribution in [3.63, 3.8) is 0 Å². The van der Waals surface area contributed by atoms with Crippen LogP contribution in [0.25, 0.3) is 33.7 Å². The number of fused-ring (bicyclic) bond motifs is 3. The van der Waals surface area contributed by atoms with E-state index in [0.717, 1.165) is 34.3 Å². The number of nitrogens with one attached hydrogen (secondary N) is 2. The number of hydrogen-bond acceptors (Lipinski definition) is 4. The van der Waals surface area contributed by atoms with Crippen LogP contribution in [0.4, 0.5) is 0 Å². The molecule has 1 aliphatic heterocycles. The lowest BCUT2D eigenvalue weighted by atomic mass is 10.2.